The number of hydrogen-bond acceptors (Lipinski definition) is 2. The summed E-state index contributed by atoms with van der Waals surface area (Å²) in [5, 5.41) is 13.6. The molecule has 0 rings (SSSR count). The van der Waals surface area contributed by atoms with E-state index >= 15 is 0 Å². The first-order chi connectivity index (χ1) is 6.82. The molecule has 0 aromatic heterocycles. The molecule has 0 saturated heterocycles. The summed E-state index contributed by atoms with van der Waals surface area (Å²) in [6.45, 7) is 7.45. The summed E-state index contributed by atoms with van der Waals surface area (Å²) in [5.74, 6) is -0.543. The molecule has 3 N–H and O–H groups in total. The summed E-state index contributed by atoms with van der Waals surface area (Å²) < 4.78 is 0. The molecule has 1 unspecified atom stereocenters. The molecule has 0 aliphatic rings. The Balaban J connectivity index is 3.88. The predicted octanol–water partition coefficient (Wildman–Crippen LogP) is 1.19. The van der Waals surface area contributed by atoms with Crippen LogP contribution in [0.25, 0.3) is 0 Å². The number of carboxylic acids is 1. The van der Waals surface area contributed by atoms with Crippen molar-refractivity contribution in [2.75, 3.05) is 0 Å². The van der Waals surface area contributed by atoms with Gasteiger partial charge in [0.15, 0.2) is 0 Å². The van der Waals surface area contributed by atoms with Crippen molar-refractivity contribution in [2.45, 2.75) is 46.2 Å². The Morgan fingerprint density at radius 2 is 1.67 bits per heavy atom. The van der Waals surface area contributed by atoms with E-state index in [2.05, 4.69) is 24.5 Å². The number of nitrogens with one attached hydrogen (secondary N) is 2. The van der Waals surface area contributed by atoms with Gasteiger partial charge in [0.05, 0.1) is 0 Å². The van der Waals surface area contributed by atoms with Crippen molar-refractivity contribution in [3.8, 4) is 0 Å². The number of carboxylic acid groups (broad SMARTS) is 1. The van der Waals surface area contributed by atoms with Crippen LogP contribution in [0.3, 0.4) is 0 Å². The van der Waals surface area contributed by atoms with Crippen LogP contribution in [0.15, 0.2) is 0 Å². The summed E-state index contributed by atoms with van der Waals surface area (Å²) >= 11 is 0. The minimum absolute atomic E-state index is 0.0472. The van der Waals surface area contributed by atoms with Crippen molar-refractivity contribution in [3.05, 3.63) is 0 Å². The molecule has 0 heterocycles. The molecule has 0 aromatic rings. The van der Waals surface area contributed by atoms with Gasteiger partial charge in [0.25, 0.3) is 0 Å². The molecule has 0 aliphatic heterocycles. The fraction of sp³-hybridized carbons (Fsp3) is 0.800. The normalized spacial score (nSPS) is 14.5. The van der Waals surface area contributed by atoms with Gasteiger partial charge in [0.2, 0.25) is 0 Å². The molecule has 0 spiro atoms. The maximum Gasteiger partial charge on any atom is 0.325 e. The molecule has 0 aromatic carbocycles. The van der Waals surface area contributed by atoms with Gasteiger partial charge >= 0.3 is 12.0 Å². The van der Waals surface area contributed by atoms with E-state index in [0.29, 0.717) is 5.92 Å². The number of carbonyl (C=O) groups is 2. The Kier molecular flexibility index (Phi) is 5.74. The van der Waals surface area contributed by atoms with Crippen molar-refractivity contribution < 1.29 is 14.7 Å². The SMILES string of the molecule is CC(C)CC(C)NC(=O)N[C@@H](C)C(=O)O. The van der Waals surface area contributed by atoms with Gasteiger partial charge in [-0.15, -0.1) is 0 Å². The highest BCUT2D eigenvalue weighted by Crippen LogP contribution is 2.03. The van der Waals surface area contributed by atoms with Crippen LogP contribution < -0.4 is 10.6 Å². The fourth-order valence-electron chi connectivity index (χ4n) is 1.29. The third-order valence-electron chi connectivity index (χ3n) is 1.92. The van der Waals surface area contributed by atoms with E-state index in [0.717, 1.165) is 6.42 Å². The Morgan fingerprint density at radius 3 is 2.07 bits per heavy atom. The quantitative estimate of drug-likeness (QED) is 0.646. The van der Waals surface area contributed by atoms with Crippen LogP contribution in [0.2, 0.25) is 0 Å². The van der Waals surface area contributed by atoms with E-state index in [1.54, 1.807) is 0 Å². The number of hydrogen-bond donors (Lipinski definition) is 3. The molecule has 0 aliphatic carbocycles. The van der Waals surface area contributed by atoms with Gasteiger partial charge in [-0.1, -0.05) is 13.8 Å². The highest BCUT2D eigenvalue weighted by Gasteiger charge is 2.15. The van der Waals surface area contributed by atoms with E-state index < -0.39 is 18.0 Å². The molecule has 0 bridgehead atoms. The number of carbonyl (C=O) groups excluding carboxylic acids is 1. The van der Waals surface area contributed by atoms with Crippen molar-refractivity contribution in [1.29, 1.82) is 0 Å². The first-order valence-corrected chi connectivity index (χ1v) is 5.12. The molecule has 5 heteroatoms. The van der Waals surface area contributed by atoms with Gasteiger partial charge < -0.3 is 15.7 Å². The number of aliphatic carboxylic acids is 1. The van der Waals surface area contributed by atoms with Crippen LogP contribution in [0.5, 0.6) is 0 Å². The highest BCUT2D eigenvalue weighted by molar-refractivity contribution is 5.82. The third kappa shape index (κ3) is 6.76. The molecule has 0 radical (unpaired) electrons. The van der Waals surface area contributed by atoms with Crippen LogP contribution in [-0.2, 0) is 4.79 Å². The van der Waals surface area contributed by atoms with Gasteiger partial charge in [-0.25, -0.2) is 4.79 Å². The fourth-order valence-corrected chi connectivity index (χ4v) is 1.29. The highest BCUT2D eigenvalue weighted by atomic mass is 16.4. The second-order valence-corrected chi connectivity index (χ2v) is 4.21. The lowest BCUT2D eigenvalue weighted by atomic mass is 10.1. The Bertz CT molecular complexity index is 229. The Hall–Kier alpha value is -1.26. The van der Waals surface area contributed by atoms with Crippen LogP contribution in [0.4, 0.5) is 4.79 Å². The molecular weight excluding hydrogens is 196 g/mol. The molecule has 2 amide bonds. The van der Waals surface area contributed by atoms with Crippen molar-refractivity contribution in [3.63, 3.8) is 0 Å². The minimum Gasteiger partial charge on any atom is -0.480 e. The standard InChI is InChI=1S/C10H20N2O3/c1-6(2)5-7(3)11-10(15)12-8(4)9(13)14/h6-8H,5H2,1-4H3,(H,13,14)(H2,11,12,15)/t7?,8-/m0/s1. The van der Waals surface area contributed by atoms with E-state index in [4.69, 9.17) is 5.11 Å². The van der Waals surface area contributed by atoms with Crippen molar-refractivity contribution >= 4 is 12.0 Å². The second kappa shape index (κ2) is 6.27. The summed E-state index contributed by atoms with van der Waals surface area (Å²) in [4.78, 5) is 21.7. The van der Waals surface area contributed by atoms with Gasteiger partial charge in [-0.2, -0.15) is 0 Å². The Morgan fingerprint density at radius 1 is 1.13 bits per heavy atom. The van der Waals surface area contributed by atoms with Crippen molar-refractivity contribution in [1.82, 2.24) is 10.6 Å². The summed E-state index contributed by atoms with van der Waals surface area (Å²) in [7, 11) is 0. The summed E-state index contributed by atoms with van der Waals surface area (Å²) in [6, 6.07) is -1.25. The number of amides is 2. The zero-order valence-corrected chi connectivity index (χ0v) is 9.70. The Labute approximate surface area is 90.2 Å². The lowest BCUT2D eigenvalue weighted by Crippen LogP contribution is -2.47. The van der Waals surface area contributed by atoms with Crippen LogP contribution >= 0.6 is 0 Å². The number of urea groups is 1. The number of rotatable bonds is 5. The maximum atomic E-state index is 11.3. The minimum atomic E-state index is -1.04. The summed E-state index contributed by atoms with van der Waals surface area (Å²) in [6.07, 6.45) is 0.870. The first-order valence-electron chi connectivity index (χ1n) is 5.12. The van der Waals surface area contributed by atoms with Gasteiger partial charge in [0.1, 0.15) is 6.04 Å². The molecule has 5 nitrogen and oxygen atoms in total. The lowest BCUT2D eigenvalue weighted by molar-refractivity contribution is -0.138. The van der Waals surface area contributed by atoms with Crippen molar-refractivity contribution in [2.24, 2.45) is 5.92 Å². The van der Waals surface area contributed by atoms with Gasteiger partial charge in [-0.3, -0.25) is 4.79 Å². The smallest absolute Gasteiger partial charge is 0.325 e. The van der Waals surface area contributed by atoms with Crippen LogP contribution in [0, 0.1) is 5.92 Å². The average Bonchev–Trinajstić information content (AvgIpc) is 2.00. The maximum absolute atomic E-state index is 11.3. The average molecular weight is 216 g/mol. The molecule has 0 fully saturated rings. The zero-order valence-electron chi connectivity index (χ0n) is 9.70. The molecule has 88 valence electrons. The van der Waals surface area contributed by atoms with Gasteiger partial charge in [0, 0.05) is 6.04 Å². The molecule has 15 heavy (non-hydrogen) atoms. The largest absolute Gasteiger partial charge is 0.480 e. The van der Waals surface area contributed by atoms with E-state index in [9.17, 15) is 9.59 Å². The molecule has 2 atom stereocenters. The van der Waals surface area contributed by atoms with Crippen LogP contribution in [-0.4, -0.2) is 29.2 Å². The van der Waals surface area contributed by atoms with E-state index in [1.165, 1.54) is 6.92 Å². The first kappa shape index (κ1) is 13.7. The van der Waals surface area contributed by atoms with Gasteiger partial charge in [-0.05, 0) is 26.2 Å². The molecule has 0 saturated carbocycles. The molecular formula is C10H20N2O3. The van der Waals surface area contributed by atoms with Crippen LogP contribution in [0.1, 0.15) is 34.1 Å². The summed E-state index contributed by atoms with van der Waals surface area (Å²) in [5.41, 5.74) is 0. The third-order valence-corrected chi connectivity index (χ3v) is 1.92. The zero-order chi connectivity index (χ0) is 12.0. The predicted molar refractivity (Wildman–Crippen MR) is 57.7 cm³/mol. The topological polar surface area (TPSA) is 78.4 Å². The van der Waals surface area contributed by atoms with E-state index in [-0.39, 0.29) is 6.04 Å². The second-order valence-electron chi connectivity index (χ2n) is 4.21. The monoisotopic (exact) mass is 216 g/mol. The lowest BCUT2D eigenvalue weighted by Gasteiger charge is -2.17. The van der Waals surface area contributed by atoms with E-state index in [1.807, 2.05) is 6.92 Å².